The molecule has 4 fully saturated rings. The van der Waals surface area contributed by atoms with Gasteiger partial charge >= 0.3 is 0 Å². The molecule has 2 heterocycles. The van der Waals surface area contributed by atoms with Crippen LogP contribution >= 0.6 is 0 Å². The first kappa shape index (κ1) is 18.9. The van der Waals surface area contributed by atoms with Gasteiger partial charge < -0.3 is 15.1 Å². The van der Waals surface area contributed by atoms with Gasteiger partial charge in [-0.25, -0.2) is 0 Å². The summed E-state index contributed by atoms with van der Waals surface area (Å²) in [6.07, 6.45) is 15.6. The van der Waals surface area contributed by atoms with Crippen molar-refractivity contribution in [3.8, 4) is 0 Å². The van der Waals surface area contributed by atoms with Crippen LogP contribution in [-0.2, 0) is 6.54 Å². The summed E-state index contributed by atoms with van der Waals surface area (Å²) in [6, 6.07) is 11.1. The molecule has 28 heavy (non-hydrogen) atoms. The van der Waals surface area contributed by atoms with Gasteiger partial charge in [-0.2, -0.15) is 0 Å². The maximum atomic E-state index is 3.74. The largest absolute Gasteiger partial charge is 0.371 e. The third-order valence-electron chi connectivity index (χ3n) is 8.53. The Bertz CT molecular complexity index is 612. The molecule has 0 unspecified atom stereocenters. The molecule has 154 valence electrons. The van der Waals surface area contributed by atoms with Crippen LogP contribution in [-0.4, -0.2) is 43.2 Å². The van der Waals surface area contributed by atoms with E-state index in [9.17, 15) is 0 Å². The van der Waals surface area contributed by atoms with E-state index < -0.39 is 0 Å². The average Bonchev–Trinajstić information content (AvgIpc) is 3.22. The van der Waals surface area contributed by atoms with Gasteiger partial charge in [-0.3, -0.25) is 0 Å². The molecule has 2 saturated heterocycles. The van der Waals surface area contributed by atoms with Gasteiger partial charge in [-0.15, -0.1) is 0 Å². The number of likely N-dealkylation sites (tertiary alicyclic amines) is 1. The first-order valence-corrected chi connectivity index (χ1v) is 12.1. The summed E-state index contributed by atoms with van der Waals surface area (Å²) in [6.45, 7) is 6.28. The first-order valence-electron chi connectivity index (χ1n) is 12.1. The van der Waals surface area contributed by atoms with Crippen molar-refractivity contribution in [1.82, 2.24) is 10.2 Å². The van der Waals surface area contributed by atoms with Crippen molar-refractivity contribution < 1.29 is 0 Å². The number of anilines is 1. The van der Waals surface area contributed by atoms with Crippen LogP contribution in [0, 0.1) is 5.41 Å². The summed E-state index contributed by atoms with van der Waals surface area (Å²) in [7, 11) is 0. The quantitative estimate of drug-likeness (QED) is 0.778. The third-order valence-corrected chi connectivity index (χ3v) is 8.53. The highest BCUT2D eigenvalue weighted by atomic mass is 15.2. The highest BCUT2D eigenvalue weighted by Crippen LogP contribution is 2.43. The lowest BCUT2D eigenvalue weighted by atomic mass is 9.70. The molecule has 0 atom stereocenters. The smallest absolute Gasteiger partial charge is 0.0366 e. The molecule has 1 N–H and O–H groups in total. The van der Waals surface area contributed by atoms with Gasteiger partial charge in [0.15, 0.2) is 0 Å². The lowest BCUT2D eigenvalue weighted by molar-refractivity contribution is 0.0306. The minimum atomic E-state index is 0.655. The lowest BCUT2D eigenvalue weighted by Gasteiger charge is -2.50. The summed E-state index contributed by atoms with van der Waals surface area (Å²) in [4.78, 5) is 5.44. The van der Waals surface area contributed by atoms with E-state index in [0.717, 1.165) is 18.6 Å². The van der Waals surface area contributed by atoms with Gasteiger partial charge in [0.05, 0.1) is 0 Å². The van der Waals surface area contributed by atoms with E-state index in [0.29, 0.717) is 5.41 Å². The van der Waals surface area contributed by atoms with E-state index in [-0.39, 0.29) is 0 Å². The maximum absolute atomic E-state index is 3.74. The van der Waals surface area contributed by atoms with Crippen LogP contribution in [0.4, 0.5) is 5.69 Å². The molecule has 3 nitrogen and oxygen atoms in total. The summed E-state index contributed by atoms with van der Waals surface area (Å²) in [5.74, 6) is 0. The van der Waals surface area contributed by atoms with Crippen molar-refractivity contribution in [2.45, 2.75) is 89.3 Å². The van der Waals surface area contributed by atoms with Crippen LogP contribution in [0.2, 0.25) is 0 Å². The Morgan fingerprint density at radius 1 is 0.786 bits per heavy atom. The Labute approximate surface area is 171 Å². The molecule has 0 amide bonds. The van der Waals surface area contributed by atoms with Gasteiger partial charge in [0, 0.05) is 37.4 Å². The molecule has 1 spiro atoms. The average molecular weight is 382 g/mol. The van der Waals surface area contributed by atoms with Crippen molar-refractivity contribution in [3.05, 3.63) is 29.8 Å². The Hall–Kier alpha value is -1.06. The van der Waals surface area contributed by atoms with E-state index in [4.69, 9.17) is 0 Å². The Kier molecular flexibility index (Phi) is 5.65. The zero-order valence-corrected chi connectivity index (χ0v) is 17.7. The van der Waals surface area contributed by atoms with Gasteiger partial charge in [0.2, 0.25) is 0 Å². The monoisotopic (exact) mass is 381 g/mol. The van der Waals surface area contributed by atoms with E-state index in [1.165, 1.54) is 108 Å². The second-order valence-corrected chi connectivity index (χ2v) is 10.1. The lowest BCUT2D eigenvalue weighted by Crippen LogP contribution is -2.50. The molecule has 4 aliphatic rings. The molecule has 0 radical (unpaired) electrons. The van der Waals surface area contributed by atoms with Gasteiger partial charge in [-0.1, -0.05) is 31.4 Å². The van der Waals surface area contributed by atoms with Gasteiger partial charge in [-0.05, 0) is 87.6 Å². The number of piperidine rings is 2. The highest BCUT2D eigenvalue weighted by molar-refractivity contribution is 5.48. The molecule has 1 aromatic rings. The number of benzene rings is 1. The zero-order valence-electron chi connectivity index (χ0n) is 17.7. The fraction of sp³-hybridized carbons (Fsp3) is 0.760. The standard InChI is InChI=1S/C25H39N3/c1-2-5-22(4-1)26-20-21-8-10-24(11-9-21)28-18-14-25(15-19-28)12-16-27(17-13-25)23-6-3-7-23/h8-11,22-23,26H,1-7,12-20H2. The zero-order chi connectivity index (χ0) is 18.8. The molecule has 5 rings (SSSR count). The molecule has 2 aliphatic heterocycles. The topological polar surface area (TPSA) is 18.5 Å². The fourth-order valence-corrected chi connectivity index (χ4v) is 6.07. The Morgan fingerprint density at radius 2 is 1.43 bits per heavy atom. The predicted molar refractivity (Wildman–Crippen MR) is 118 cm³/mol. The summed E-state index contributed by atoms with van der Waals surface area (Å²) < 4.78 is 0. The van der Waals surface area contributed by atoms with E-state index in [1.807, 2.05) is 0 Å². The van der Waals surface area contributed by atoms with Gasteiger partial charge in [0.25, 0.3) is 0 Å². The van der Waals surface area contributed by atoms with Crippen LogP contribution in [0.15, 0.2) is 24.3 Å². The van der Waals surface area contributed by atoms with Crippen molar-refractivity contribution in [3.63, 3.8) is 0 Å². The van der Waals surface area contributed by atoms with Crippen LogP contribution in [0.5, 0.6) is 0 Å². The van der Waals surface area contributed by atoms with E-state index in [2.05, 4.69) is 39.4 Å². The number of hydrogen-bond donors (Lipinski definition) is 1. The summed E-state index contributed by atoms with van der Waals surface area (Å²) in [5.41, 5.74) is 3.53. The molecule has 3 heteroatoms. The highest BCUT2D eigenvalue weighted by Gasteiger charge is 2.39. The molecule has 0 bridgehead atoms. The maximum Gasteiger partial charge on any atom is 0.0366 e. The van der Waals surface area contributed by atoms with E-state index >= 15 is 0 Å². The Balaban J connectivity index is 1.09. The van der Waals surface area contributed by atoms with Crippen molar-refractivity contribution in [2.75, 3.05) is 31.1 Å². The molecule has 1 aromatic carbocycles. The normalized spacial score (nSPS) is 26.6. The molecular weight excluding hydrogens is 342 g/mol. The number of nitrogens with zero attached hydrogens (tertiary/aromatic N) is 2. The van der Waals surface area contributed by atoms with Crippen LogP contribution in [0.1, 0.15) is 76.2 Å². The summed E-state index contributed by atoms with van der Waals surface area (Å²) in [5, 5.41) is 3.74. The Morgan fingerprint density at radius 3 is 2.04 bits per heavy atom. The number of nitrogens with one attached hydrogen (secondary N) is 1. The number of rotatable bonds is 5. The van der Waals surface area contributed by atoms with E-state index in [1.54, 1.807) is 0 Å². The SMILES string of the molecule is c1cc(N2CCC3(CC2)CCN(C2CCC2)CC3)ccc1CNC1CCCC1. The van der Waals surface area contributed by atoms with Crippen molar-refractivity contribution >= 4 is 5.69 Å². The third kappa shape index (κ3) is 4.11. The minimum absolute atomic E-state index is 0.655. The first-order chi connectivity index (χ1) is 13.8. The summed E-state index contributed by atoms with van der Waals surface area (Å²) >= 11 is 0. The molecule has 0 aromatic heterocycles. The second-order valence-electron chi connectivity index (χ2n) is 10.1. The van der Waals surface area contributed by atoms with Crippen LogP contribution in [0.25, 0.3) is 0 Å². The number of hydrogen-bond acceptors (Lipinski definition) is 3. The minimum Gasteiger partial charge on any atom is -0.371 e. The molecule has 2 saturated carbocycles. The molecule has 2 aliphatic carbocycles. The van der Waals surface area contributed by atoms with Crippen molar-refractivity contribution in [1.29, 1.82) is 0 Å². The second kappa shape index (κ2) is 8.36. The van der Waals surface area contributed by atoms with Gasteiger partial charge in [0.1, 0.15) is 0 Å². The fourth-order valence-electron chi connectivity index (χ4n) is 6.07. The van der Waals surface area contributed by atoms with Crippen LogP contribution in [0.3, 0.4) is 0 Å². The van der Waals surface area contributed by atoms with Crippen molar-refractivity contribution in [2.24, 2.45) is 5.41 Å². The van der Waals surface area contributed by atoms with Crippen LogP contribution < -0.4 is 10.2 Å². The predicted octanol–water partition coefficient (Wildman–Crippen LogP) is 4.95. The molecular formula is C25H39N3.